The highest BCUT2D eigenvalue weighted by Crippen LogP contribution is 2.17. The molecule has 8 heterocycles. The number of rotatable bonds is 20. The van der Waals surface area contributed by atoms with Gasteiger partial charge >= 0.3 is 0 Å². The zero-order valence-electron chi connectivity index (χ0n) is 90.9. The molecule has 8 aromatic carbocycles. The number of likely N-dealkylation sites (N-methyl/N-ethyl adjacent to an activating group) is 1. The van der Waals surface area contributed by atoms with Crippen LogP contribution in [0, 0.1) is 0 Å². The molecule has 792 valence electrons. The van der Waals surface area contributed by atoms with E-state index in [4.69, 9.17) is 0 Å². The van der Waals surface area contributed by atoms with Gasteiger partial charge in [-0.2, -0.15) is 0 Å². The highest BCUT2D eigenvalue weighted by molar-refractivity contribution is 6.09. The number of nitrogens with zero attached hydrogens (tertiary/aromatic N) is 24. The van der Waals surface area contributed by atoms with Gasteiger partial charge in [0.2, 0.25) is 71.5 Å². The van der Waals surface area contributed by atoms with Crippen molar-refractivity contribution in [3.63, 3.8) is 0 Å². The van der Waals surface area contributed by atoms with Gasteiger partial charge in [-0.25, -0.2) is 30.0 Å². The predicted molar refractivity (Wildman–Crippen MR) is 618 cm³/mol. The van der Waals surface area contributed by atoms with Crippen molar-refractivity contribution in [2.75, 3.05) is 149 Å². The third-order valence-corrected chi connectivity index (χ3v) is 23.3. The maximum atomic E-state index is 4.64. The average Bonchev–Trinajstić information content (AvgIpc) is 0.823. The topological polar surface area (TPSA) is 416 Å². The second kappa shape index (κ2) is 62.4. The monoisotopic (exact) mass is 2020 g/mol. The normalized spacial score (nSPS) is 21.9. The van der Waals surface area contributed by atoms with Gasteiger partial charge in [0.15, 0.2) is 23.8 Å². The van der Waals surface area contributed by atoms with E-state index in [9.17, 15) is 0 Å². The van der Waals surface area contributed by atoms with E-state index in [1.165, 1.54) is 33.4 Å². The van der Waals surface area contributed by atoms with Crippen LogP contribution in [0.3, 0.4) is 0 Å². The Morgan fingerprint density at radius 3 is 0.980 bits per heavy atom. The minimum Gasteiger partial charge on any atom is -0.346 e. The molecule has 3 fully saturated rings. The molecule has 3 saturated heterocycles. The Bertz CT molecular complexity index is 5790. The molecule has 148 heavy (non-hydrogen) atoms. The summed E-state index contributed by atoms with van der Waals surface area (Å²) in [5.74, 6) is 13.1. The molecule has 8 aromatic rings. The Kier molecular flexibility index (Phi) is 48.6. The van der Waals surface area contributed by atoms with Crippen LogP contribution < -0.4 is 90.0 Å². The molecule has 16 N–H and O–H groups in total. The van der Waals surface area contributed by atoms with E-state index in [1.807, 2.05) is 238 Å². The average molecular weight is 2020 g/mol. The Hall–Kier alpha value is -16.3. The van der Waals surface area contributed by atoms with Crippen LogP contribution in [0.4, 0.5) is 11.4 Å². The molecule has 8 unspecified atom stereocenters. The number of aliphatic imine (C=N–C) groups is 16. The lowest BCUT2D eigenvalue weighted by Gasteiger charge is -2.34. The minimum atomic E-state index is 0.0242. The lowest BCUT2D eigenvalue weighted by molar-refractivity contribution is 0.463. The van der Waals surface area contributed by atoms with Crippen molar-refractivity contribution < 1.29 is 0 Å². The first-order valence-electron chi connectivity index (χ1n) is 50.3. The van der Waals surface area contributed by atoms with Gasteiger partial charge in [-0.1, -0.05) is 218 Å². The van der Waals surface area contributed by atoms with E-state index in [2.05, 4.69) is 321 Å². The third kappa shape index (κ3) is 39.7. The maximum Gasteiger partial charge on any atom is 0.207 e. The third-order valence-electron chi connectivity index (χ3n) is 23.3. The zero-order valence-corrected chi connectivity index (χ0v) is 90.9. The molecule has 40 heteroatoms. The second-order valence-electron chi connectivity index (χ2n) is 35.4. The molecular weight excluding hydrogens is 1860 g/mol. The molecule has 0 saturated carbocycles. The van der Waals surface area contributed by atoms with Crippen LogP contribution in [0.5, 0.6) is 0 Å². The van der Waals surface area contributed by atoms with E-state index in [1.54, 1.807) is 56.4 Å². The van der Waals surface area contributed by atoms with Gasteiger partial charge in [0.1, 0.15) is 30.8 Å². The number of benzene rings is 8. The molecule has 0 spiro atoms. The van der Waals surface area contributed by atoms with Crippen molar-refractivity contribution in [3.8, 4) is 0 Å². The largest absolute Gasteiger partial charge is 0.346 e. The van der Waals surface area contributed by atoms with Crippen molar-refractivity contribution in [2.45, 2.75) is 156 Å². The SMILES string of the molecule is CN=C1NC(C)N=C(Nc2ccccc2)N1C.CN=C1NC(C)NC(=NCCCc2ccccc2)N1C.CN=C1NC(C)NC(=NCCc2ccccc2)N1C.CN=C1NC(C)NC(=NCc2ccccc2)N1C.CN=C1NC(N(C)CCCc2ccccc2)=NC(C)N1.CN=C1NC(N(C)CCc2ccccc2)=NC(C)N1.CN=C1NC(N(C)Cc2ccccc2)=NC(C)N1.CN=C1NC(N(C)c2ccccc2)=NC(C)N1. The maximum absolute atomic E-state index is 4.64. The first kappa shape index (κ1) is 115. The predicted octanol–water partition coefficient (Wildman–Crippen LogP) is 9.27. The van der Waals surface area contributed by atoms with Gasteiger partial charge in [-0.3, -0.25) is 90.8 Å². The van der Waals surface area contributed by atoms with Crippen LogP contribution >= 0.6 is 0 Å². The molecule has 0 aliphatic carbocycles. The number of hydrogen-bond donors (Lipinski definition) is 16. The summed E-state index contributed by atoms with van der Waals surface area (Å²) in [7, 11) is 30.0. The first-order chi connectivity index (χ1) is 71.6. The van der Waals surface area contributed by atoms with Crippen molar-refractivity contribution in [3.05, 3.63) is 276 Å². The van der Waals surface area contributed by atoms with Crippen LogP contribution in [0.1, 0.15) is 102 Å². The lowest BCUT2D eigenvalue weighted by atomic mass is 10.1. The molecule has 8 aliphatic rings. The van der Waals surface area contributed by atoms with E-state index in [0.717, 1.165) is 178 Å². The summed E-state index contributed by atoms with van der Waals surface area (Å²) in [5, 5.41) is 51.3. The number of guanidine groups is 16. The summed E-state index contributed by atoms with van der Waals surface area (Å²) in [5.41, 5.74) is 9.94. The molecule has 16 rings (SSSR count). The summed E-state index contributed by atoms with van der Waals surface area (Å²) < 4.78 is 0. The minimum absolute atomic E-state index is 0.0242. The number of nitrogens with one attached hydrogen (secondary N) is 16. The van der Waals surface area contributed by atoms with Crippen LogP contribution in [0.15, 0.2) is 323 Å². The molecule has 8 aliphatic heterocycles. The van der Waals surface area contributed by atoms with Crippen molar-refractivity contribution in [2.24, 2.45) is 79.9 Å². The van der Waals surface area contributed by atoms with Crippen molar-refractivity contribution >= 4 is 107 Å². The summed E-state index contributed by atoms with van der Waals surface area (Å²) >= 11 is 0. The van der Waals surface area contributed by atoms with Crippen molar-refractivity contribution in [1.29, 1.82) is 0 Å². The van der Waals surface area contributed by atoms with Gasteiger partial charge in [0.25, 0.3) is 0 Å². The number of aryl methyl sites for hydroxylation is 2. The molecule has 0 radical (unpaired) electrons. The van der Waals surface area contributed by atoms with Crippen LogP contribution in [-0.2, 0) is 38.8 Å². The van der Waals surface area contributed by atoms with E-state index in [-0.39, 0.29) is 49.3 Å². The van der Waals surface area contributed by atoms with Crippen LogP contribution in [-0.4, -0.2) is 318 Å². The Balaban J connectivity index is 0.000000188. The van der Waals surface area contributed by atoms with Crippen LogP contribution in [0.2, 0.25) is 0 Å². The van der Waals surface area contributed by atoms with Gasteiger partial charge < -0.3 is 83.4 Å². The quantitative estimate of drug-likeness (QED) is 0.0316. The Morgan fingerprint density at radius 2 is 0.581 bits per heavy atom. The molecule has 8 atom stereocenters. The smallest absolute Gasteiger partial charge is 0.207 e. The summed E-state index contributed by atoms with van der Waals surface area (Å²) in [6, 6.07) is 82.5. The number of para-hydroxylation sites is 2. The summed E-state index contributed by atoms with van der Waals surface area (Å²) in [6.45, 7) is 21.1. The van der Waals surface area contributed by atoms with E-state index >= 15 is 0 Å². The highest BCUT2D eigenvalue weighted by atomic mass is 15.5. The fourth-order valence-corrected chi connectivity index (χ4v) is 15.3. The highest BCUT2D eigenvalue weighted by Gasteiger charge is 2.28. The Labute approximate surface area is 877 Å². The fourth-order valence-electron chi connectivity index (χ4n) is 15.3. The molecule has 0 amide bonds. The first-order valence-corrected chi connectivity index (χ1v) is 50.3. The Morgan fingerprint density at radius 1 is 0.277 bits per heavy atom. The zero-order chi connectivity index (χ0) is 106. The standard InChI is InChI=1S/2C15H23N5.2C14H21N5.2C13H19N5.2C12H17N5/c1-12-17-14(16-2)19-15(18-12)20(3)11-7-10-13-8-5-4-6-9-13;1-12-18-14(16-2)20(3)15(19-12)17-11-7-10-13-8-5-4-6-9-13;1-11-16-13(15-2)18-14(17-11)19(3)10-9-12-7-5-4-6-8-12;1-11-17-13(15-2)19(3)14(18-11)16-10-9-12-7-5-4-6-8-12;1-10-15-12(14-2)17-13(16-10)18(3)9-11-7-5-4-6-8-11;1-10-16-12(14-2)18(3)13(17-10)15-9-11-7-5-4-6-8-11;1-9-14-11(13-2)16-12(15-9)17(3)10-7-5-4-6-8-10;1-9-14-11(13-2)17(3)12(15-9)16-10-7-5-4-6-8-10/h4-6,8-9,12H,7,10-11H2,1-3H3,(H2,16,17,18,19);4-6,8-9,12H,7,10-11H2,1-3H3,(H,16,18)(H,17,19);4-8,11H,9-10H2,1-3H3,(H2,15,16,17,18);4-8,11H,9-10H2,1-3H3,(H,15,17)(H,16,18);4-8,10H,9H2,1-3H3,(H2,14,15,16,17);4-8,10H,9H2,1-3H3,(H,14,16)(H,15,17);4-9H,1-3H3,(H2,13,14,15,16);4-9H,1-3H3,(H,13,14)(H,15,16). The van der Waals surface area contributed by atoms with Gasteiger partial charge in [-0.15, -0.1) is 0 Å². The fraction of sp³-hybridized carbons (Fsp3) is 0.407. The van der Waals surface area contributed by atoms with Gasteiger partial charge in [0.05, 0.1) is 25.0 Å². The summed E-state index contributed by atoms with van der Waals surface area (Å²) in [4.78, 5) is 85.8. The molecule has 0 bridgehead atoms. The number of hydrogen-bond acceptors (Lipinski definition) is 21. The second-order valence-corrected chi connectivity index (χ2v) is 35.4. The van der Waals surface area contributed by atoms with E-state index in [0.29, 0.717) is 6.54 Å². The number of anilines is 2. The van der Waals surface area contributed by atoms with Crippen LogP contribution in [0.25, 0.3) is 0 Å². The molecule has 40 nitrogen and oxygen atoms in total. The summed E-state index contributed by atoms with van der Waals surface area (Å²) in [6.07, 6.45) is 6.85. The van der Waals surface area contributed by atoms with Crippen molar-refractivity contribution in [1.82, 2.24) is 114 Å². The van der Waals surface area contributed by atoms with Gasteiger partial charge in [0, 0.05) is 157 Å². The van der Waals surface area contributed by atoms with Gasteiger partial charge in [-0.05, 0) is 152 Å². The lowest BCUT2D eigenvalue weighted by Crippen LogP contribution is -2.62. The van der Waals surface area contributed by atoms with E-state index < -0.39 is 0 Å². The molecule has 0 aromatic heterocycles. The molecular formula is C108H160N40.